The SMILES string of the molecule is O=C1CCC(N2Cc3ccc(CNC(=O)OC4CCC4)cc3C2=O)C(=O)N1.c1ccc2scnc2c1. The van der Waals surface area contributed by atoms with Crippen molar-refractivity contribution in [1.82, 2.24) is 20.5 Å². The zero-order valence-electron chi connectivity index (χ0n) is 19.6. The van der Waals surface area contributed by atoms with Crippen molar-refractivity contribution in [2.75, 3.05) is 0 Å². The number of benzene rings is 2. The Bertz CT molecular complexity index is 1290. The van der Waals surface area contributed by atoms with Gasteiger partial charge in [0.25, 0.3) is 5.91 Å². The van der Waals surface area contributed by atoms with E-state index in [0.29, 0.717) is 18.5 Å². The number of amides is 4. The van der Waals surface area contributed by atoms with Crippen molar-refractivity contribution in [2.45, 2.75) is 57.3 Å². The quantitative estimate of drug-likeness (QED) is 0.523. The van der Waals surface area contributed by atoms with Gasteiger partial charge >= 0.3 is 6.09 Å². The average Bonchev–Trinajstić information content (AvgIpc) is 3.45. The Morgan fingerprint density at radius 1 is 1.14 bits per heavy atom. The van der Waals surface area contributed by atoms with Crippen LogP contribution in [0.1, 0.15) is 53.6 Å². The zero-order chi connectivity index (χ0) is 25.1. The monoisotopic (exact) mass is 506 g/mol. The van der Waals surface area contributed by atoms with Crippen molar-refractivity contribution in [3.8, 4) is 0 Å². The van der Waals surface area contributed by atoms with Gasteiger partial charge in [-0.3, -0.25) is 19.7 Å². The predicted molar refractivity (Wildman–Crippen MR) is 133 cm³/mol. The third kappa shape index (κ3) is 5.23. The van der Waals surface area contributed by atoms with Crippen LogP contribution < -0.4 is 10.6 Å². The van der Waals surface area contributed by atoms with Gasteiger partial charge in [-0.15, -0.1) is 11.3 Å². The van der Waals surface area contributed by atoms with Crippen LogP contribution >= 0.6 is 11.3 Å². The van der Waals surface area contributed by atoms with Gasteiger partial charge in [0.15, 0.2) is 0 Å². The van der Waals surface area contributed by atoms with Crippen LogP contribution in [0.15, 0.2) is 48.0 Å². The van der Waals surface area contributed by atoms with E-state index in [9.17, 15) is 19.2 Å². The fourth-order valence-electron chi connectivity index (χ4n) is 4.37. The number of alkyl carbamates (subject to hydrolysis) is 1. The Labute approximate surface area is 211 Å². The van der Waals surface area contributed by atoms with Gasteiger partial charge in [-0.2, -0.15) is 0 Å². The van der Waals surface area contributed by atoms with E-state index in [-0.39, 0.29) is 30.9 Å². The number of piperidine rings is 1. The van der Waals surface area contributed by atoms with E-state index >= 15 is 0 Å². The summed E-state index contributed by atoms with van der Waals surface area (Å²) >= 11 is 1.68. The molecule has 1 saturated carbocycles. The third-order valence-corrected chi connectivity index (χ3v) is 7.40. The summed E-state index contributed by atoms with van der Waals surface area (Å²) in [5, 5.41) is 4.99. The van der Waals surface area contributed by atoms with E-state index in [2.05, 4.69) is 21.7 Å². The molecule has 9 nitrogen and oxygen atoms in total. The molecule has 10 heteroatoms. The first-order valence-electron chi connectivity index (χ1n) is 12.0. The number of fused-ring (bicyclic) bond motifs is 2. The van der Waals surface area contributed by atoms with Crippen LogP contribution in [0.3, 0.4) is 0 Å². The van der Waals surface area contributed by atoms with E-state index < -0.39 is 18.0 Å². The number of para-hydroxylation sites is 1. The molecule has 186 valence electrons. The van der Waals surface area contributed by atoms with Crippen molar-refractivity contribution in [1.29, 1.82) is 0 Å². The molecule has 2 N–H and O–H groups in total. The normalized spacial score (nSPS) is 19.2. The van der Waals surface area contributed by atoms with Gasteiger partial charge in [-0.05, 0) is 55.0 Å². The standard InChI is InChI=1S/C19H21N3O5.C7H5NS/c23-16-7-6-15(17(24)21-16)22-10-12-5-4-11(8-14(12)18(22)25)9-20-19(26)27-13-2-1-3-13;1-2-4-7-6(3-1)8-5-9-7/h4-5,8,13,15H,1-3,6-7,9-10H2,(H,20,26)(H,21,23,24);1-5H. The number of ether oxygens (including phenoxy) is 1. The topological polar surface area (TPSA) is 118 Å². The van der Waals surface area contributed by atoms with Crippen molar-refractivity contribution in [2.24, 2.45) is 0 Å². The summed E-state index contributed by atoms with van der Waals surface area (Å²) in [6.07, 6.45) is 3.06. The molecule has 0 radical (unpaired) electrons. The molecule has 3 aliphatic rings. The second-order valence-corrected chi connectivity index (χ2v) is 9.91. The fourth-order valence-corrected chi connectivity index (χ4v) is 5.05. The first-order valence-corrected chi connectivity index (χ1v) is 12.8. The molecule has 6 rings (SSSR count). The van der Waals surface area contributed by atoms with Crippen LogP contribution in [0.25, 0.3) is 10.2 Å². The molecule has 3 heterocycles. The van der Waals surface area contributed by atoms with Gasteiger partial charge in [0.05, 0.1) is 15.7 Å². The summed E-state index contributed by atoms with van der Waals surface area (Å²) in [5.74, 6) is -0.950. The molecule has 3 aromatic rings. The highest BCUT2D eigenvalue weighted by Gasteiger charge is 2.39. The average molecular weight is 507 g/mol. The summed E-state index contributed by atoms with van der Waals surface area (Å²) in [6, 6.07) is 12.9. The minimum absolute atomic E-state index is 0.0219. The molecule has 0 spiro atoms. The lowest BCUT2D eigenvalue weighted by Gasteiger charge is -2.29. The molecule has 36 heavy (non-hydrogen) atoms. The highest BCUT2D eigenvalue weighted by molar-refractivity contribution is 7.16. The van der Waals surface area contributed by atoms with Crippen molar-refractivity contribution in [3.05, 3.63) is 64.7 Å². The molecule has 1 unspecified atom stereocenters. The Balaban J connectivity index is 0.000000247. The van der Waals surface area contributed by atoms with E-state index in [1.54, 1.807) is 17.4 Å². The lowest BCUT2D eigenvalue weighted by molar-refractivity contribution is -0.136. The third-order valence-electron chi connectivity index (χ3n) is 6.59. The Hall–Kier alpha value is -3.79. The van der Waals surface area contributed by atoms with Crippen LogP contribution in [-0.2, 0) is 27.4 Å². The minimum atomic E-state index is -0.623. The number of nitrogens with zero attached hydrogens (tertiary/aromatic N) is 2. The number of carbonyl (C=O) groups is 4. The van der Waals surface area contributed by atoms with E-state index in [1.165, 1.54) is 9.60 Å². The molecule has 1 atom stereocenters. The maximum absolute atomic E-state index is 12.8. The van der Waals surface area contributed by atoms with Crippen LogP contribution in [0.4, 0.5) is 4.79 Å². The Morgan fingerprint density at radius 2 is 1.97 bits per heavy atom. The van der Waals surface area contributed by atoms with Crippen molar-refractivity contribution < 1.29 is 23.9 Å². The molecule has 2 aliphatic heterocycles. The van der Waals surface area contributed by atoms with E-state index in [4.69, 9.17) is 4.74 Å². The maximum Gasteiger partial charge on any atom is 0.407 e. The van der Waals surface area contributed by atoms with Crippen LogP contribution in [0.5, 0.6) is 0 Å². The van der Waals surface area contributed by atoms with Gasteiger partial charge in [0.2, 0.25) is 11.8 Å². The maximum atomic E-state index is 12.8. The molecule has 2 fully saturated rings. The van der Waals surface area contributed by atoms with Gasteiger partial charge in [0, 0.05) is 25.1 Å². The Kier molecular flexibility index (Phi) is 6.95. The molecular formula is C26H26N4O5S. The summed E-state index contributed by atoms with van der Waals surface area (Å²) in [5.41, 5.74) is 5.13. The molecule has 4 amide bonds. The largest absolute Gasteiger partial charge is 0.446 e. The first-order chi connectivity index (χ1) is 17.5. The molecule has 1 saturated heterocycles. The zero-order valence-corrected chi connectivity index (χ0v) is 20.4. The fraction of sp³-hybridized carbons (Fsp3) is 0.346. The summed E-state index contributed by atoms with van der Waals surface area (Å²) in [7, 11) is 0. The Morgan fingerprint density at radius 3 is 2.72 bits per heavy atom. The van der Waals surface area contributed by atoms with Crippen LogP contribution in [-0.4, -0.2) is 45.8 Å². The van der Waals surface area contributed by atoms with Crippen LogP contribution in [0.2, 0.25) is 0 Å². The van der Waals surface area contributed by atoms with Gasteiger partial charge in [0.1, 0.15) is 12.1 Å². The number of hydrogen-bond acceptors (Lipinski definition) is 7. The number of carbonyl (C=O) groups excluding carboxylic acids is 4. The number of aromatic nitrogens is 1. The number of hydrogen-bond donors (Lipinski definition) is 2. The van der Waals surface area contributed by atoms with Gasteiger partial charge in [-0.1, -0.05) is 24.3 Å². The summed E-state index contributed by atoms with van der Waals surface area (Å²) < 4.78 is 6.50. The number of nitrogens with one attached hydrogen (secondary N) is 2. The van der Waals surface area contributed by atoms with E-state index in [0.717, 1.165) is 35.9 Å². The summed E-state index contributed by atoms with van der Waals surface area (Å²) in [6.45, 7) is 0.613. The van der Waals surface area contributed by atoms with Gasteiger partial charge in [-0.25, -0.2) is 9.78 Å². The van der Waals surface area contributed by atoms with Crippen molar-refractivity contribution in [3.63, 3.8) is 0 Å². The molecule has 1 aliphatic carbocycles. The lowest BCUT2D eigenvalue weighted by Crippen LogP contribution is -2.52. The molecule has 2 aromatic carbocycles. The second kappa shape index (κ2) is 10.4. The first kappa shape index (κ1) is 23.9. The molecule has 0 bridgehead atoms. The summed E-state index contributed by atoms with van der Waals surface area (Å²) in [4.78, 5) is 53.5. The molecular weight excluding hydrogens is 480 g/mol. The van der Waals surface area contributed by atoms with Crippen molar-refractivity contribution >= 4 is 45.4 Å². The lowest BCUT2D eigenvalue weighted by atomic mass is 9.96. The highest BCUT2D eigenvalue weighted by atomic mass is 32.1. The second-order valence-electron chi connectivity index (χ2n) is 9.02. The predicted octanol–water partition coefficient (Wildman–Crippen LogP) is 3.52. The van der Waals surface area contributed by atoms with Crippen LogP contribution in [0, 0.1) is 0 Å². The number of thiazole rings is 1. The number of rotatable bonds is 4. The molecule has 1 aromatic heterocycles. The highest BCUT2D eigenvalue weighted by Crippen LogP contribution is 2.28. The smallest absolute Gasteiger partial charge is 0.407 e. The van der Waals surface area contributed by atoms with Gasteiger partial charge < -0.3 is 15.0 Å². The minimum Gasteiger partial charge on any atom is -0.446 e. The van der Waals surface area contributed by atoms with E-state index in [1.807, 2.05) is 35.8 Å². The number of imide groups is 1.